The molecule has 0 bridgehead atoms. The van der Waals surface area contributed by atoms with E-state index in [1.165, 1.54) is 0 Å². The Morgan fingerprint density at radius 2 is 1.74 bits per heavy atom. The van der Waals surface area contributed by atoms with Gasteiger partial charge in [0.2, 0.25) is 11.8 Å². The first-order chi connectivity index (χ1) is 13.1. The molecule has 0 unspecified atom stereocenters. The molecule has 27 heavy (non-hydrogen) atoms. The maximum Gasteiger partial charge on any atom is 0.227 e. The molecule has 0 atom stereocenters. The van der Waals surface area contributed by atoms with Crippen molar-refractivity contribution in [2.24, 2.45) is 17.6 Å². The minimum Gasteiger partial charge on any atom is -0.335 e. The van der Waals surface area contributed by atoms with Gasteiger partial charge >= 0.3 is 0 Å². The molecule has 0 heterocycles. The van der Waals surface area contributed by atoms with Gasteiger partial charge in [-0.3, -0.25) is 9.59 Å². The Bertz CT molecular complexity index is 689. The van der Waals surface area contributed by atoms with Crippen molar-refractivity contribution in [3.8, 4) is 0 Å². The minimum atomic E-state index is 0.130. The van der Waals surface area contributed by atoms with Gasteiger partial charge < -0.3 is 16.0 Å². The third kappa shape index (κ3) is 4.52. The number of rotatable bonds is 6. The average Bonchev–Trinajstić information content (AvgIpc) is 3.44. The van der Waals surface area contributed by atoms with E-state index < -0.39 is 0 Å². The van der Waals surface area contributed by atoms with E-state index in [4.69, 9.17) is 5.73 Å². The van der Waals surface area contributed by atoms with Crippen LogP contribution in [0.4, 0.5) is 5.69 Å². The number of nitrogens with zero attached hydrogens (tertiary/aromatic N) is 1. The first-order valence-electron chi connectivity index (χ1n) is 10.6. The monoisotopic (exact) mass is 369 g/mol. The van der Waals surface area contributed by atoms with Crippen molar-refractivity contribution in [2.75, 3.05) is 5.32 Å². The van der Waals surface area contributed by atoms with Crippen LogP contribution in [0.25, 0.3) is 0 Å². The lowest BCUT2D eigenvalue weighted by molar-refractivity contribution is -0.136. The van der Waals surface area contributed by atoms with Crippen molar-refractivity contribution in [2.45, 2.75) is 76.4 Å². The van der Waals surface area contributed by atoms with E-state index in [0.29, 0.717) is 18.5 Å². The molecule has 3 N–H and O–H groups in total. The van der Waals surface area contributed by atoms with E-state index in [1.807, 2.05) is 18.2 Å². The molecule has 0 aromatic heterocycles. The molecule has 5 nitrogen and oxygen atoms in total. The third-order valence-corrected chi connectivity index (χ3v) is 6.42. The second kappa shape index (κ2) is 8.01. The maximum atomic E-state index is 12.9. The highest BCUT2D eigenvalue weighted by Gasteiger charge is 2.37. The van der Waals surface area contributed by atoms with Crippen LogP contribution in [0.3, 0.4) is 0 Å². The zero-order valence-electron chi connectivity index (χ0n) is 16.0. The standard InChI is InChI=1S/C22H31N3O2/c23-18-9-11-20(12-10-18)25(22(27)17-7-8-17)14-15-3-1-6-19(13-15)24-21(26)16-4-2-5-16/h1,3,6,13,16-18,20H,2,4-5,7-12,14,23H2,(H,24,26). The zero-order chi connectivity index (χ0) is 18.8. The van der Waals surface area contributed by atoms with Gasteiger partial charge in [-0.1, -0.05) is 18.6 Å². The Labute approximate surface area is 161 Å². The molecule has 0 spiro atoms. The predicted molar refractivity (Wildman–Crippen MR) is 106 cm³/mol. The van der Waals surface area contributed by atoms with Gasteiger partial charge in [0.1, 0.15) is 0 Å². The third-order valence-electron chi connectivity index (χ3n) is 6.42. The number of benzene rings is 1. The fourth-order valence-electron chi connectivity index (χ4n) is 4.22. The summed E-state index contributed by atoms with van der Waals surface area (Å²) in [6, 6.07) is 8.57. The summed E-state index contributed by atoms with van der Waals surface area (Å²) in [7, 11) is 0. The Morgan fingerprint density at radius 3 is 2.37 bits per heavy atom. The highest BCUT2D eigenvalue weighted by Crippen LogP contribution is 2.35. The van der Waals surface area contributed by atoms with Crippen LogP contribution < -0.4 is 11.1 Å². The van der Waals surface area contributed by atoms with Crippen LogP contribution in [0.15, 0.2) is 24.3 Å². The Balaban J connectivity index is 1.44. The molecule has 3 fully saturated rings. The minimum absolute atomic E-state index is 0.130. The highest BCUT2D eigenvalue weighted by molar-refractivity contribution is 5.93. The number of carbonyl (C=O) groups excluding carboxylic acids is 2. The van der Waals surface area contributed by atoms with E-state index in [9.17, 15) is 9.59 Å². The smallest absolute Gasteiger partial charge is 0.227 e. The van der Waals surface area contributed by atoms with E-state index in [-0.39, 0.29) is 23.8 Å². The molecule has 1 aromatic rings. The molecule has 2 amide bonds. The van der Waals surface area contributed by atoms with Gasteiger partial charge in [-0.25, -0.2) is 0 Å². The van der Waals surface area contributed by atoms with Gasteiger partial charge in [0.05, 0.1) is 0 Å². The summed E-state index contributed by atoms with van der Waals surface area (Å²) in [6.45, 7) is 0.627. The van der Waals surface area contributed by atoms with Crippen molar-refractivity contribution in [1.29, 1.82) is 0 Å². The molecule has 0 radical (unpaired) electrons. The lowest BCUT2D eigenvalue weighted by atomic mass is 9.85. The molecule has 146 valence electrons. The van der Waals surface area contributed by atoms with Crippen molar-refractivity contribution in [3.05, 3.63) is 29.8 Å². The summed E-state index contributed by atoms with van der Waals surface area (Å²) < 4.78 is 0. The van der Waals surface area contributed by atoms with Crippen molar-refractivity contribution in [3.63, 3.8) is 0 Å². The predicted octanol–water partition coefficient (Wildman–Crippen LogP) is 3.43. The summed E-state index contributed by atoms with van der Waals surface area (Å²) in [5.74, 6) is 0.833. The van der Waals surface area contributed by atoms with Crippen LogP contribution in [0.1, 0.15) is 63.4 Å². The molecule has 3 saturated carbocycles. The first-order valence-corrected chi connectivity index (χ1v) is 10.6. The summed E-state index contributed by atoms with van der Waals surface area (Å²) in [5.41, 5.74) is 7.99. The van der Waals surface area contributed by atoms with E-state index in [1.54, 1.807) is 0 Å². The quantitative estimate of drug-likeness (QED) is 0.806. The van der Waals surface area contributed by atoms with Gasteiger partial charge in [0, 0.05) is 36.2 Å². The van der Waals surface area contributed by atoms with Gasteiger partial charge in [-0.2, -0.15) is 0 Å². The Morgan fingerprint density at radius 1 is 1.00 bits per heavy atom. The summed E-state index contributed by atoms with van der Waals surface area (Å²) in [6.07, 6.45) is 9.19. The number of hydrogen-bond donors (Lipinski definition) is 2. The number of nitrogens with two attached hydrogens (primary N) is 1. The number of hydrogen-bond acceptors (Lipinski definition) is 3. The van der Waals surface area contributed by atoms with Crippen LogP contribution in [-0.2, 0) is 16.1 Å². The van der Waals surface area contributed by atoms with Gasteiger partial charge in [-0.15, -0.1) is 0 Å². The first kappa shape index (κ1) is 18.5. The SMILES string of the molecule is NC1CCC(N(Cc2cccc(NC(=O)C3CCC3)c2)C(=O)C2CC2)CC1. The van der Waals surface area contributed by atoms with Crippen LogP contribution in [0.5, 0.6) is 0 Å². The molecule has 1 aromatic carbocycles. The molecule has 3 aliphatic rings. The fraction of sp³-hybridized carbons (Fsp3) is 0.636. The second-order valence-electron chi connectivity index (χ2n) is 8.63. The van der Waals surface area contributed by atoms with Gasteiger partial charge in [0.15, 0.2) is 0 Å². The zero-order valence-corrected chi connectivity index (χ0v) is 16.0. The largest absolute Gasteiger partial charge is 0.335 e. The molecular weight excluding hydrogens is 338 g/mol. The summed E-state index contributed by atoms with van der Waals surface area (Å²) in [5, 5.41) is 3.05. The Hall–Kier alpha value is -1.88. The van der Waals surface area contributed by atoms with Crippen LogP contribution in [0.2, 0.25) is 0 Å². The lowest BCUT2D eigenvalue weighted by Gasteiger charge is -2.36. The van der Waals surface area contributed by atoms with E-state index in [2.05, 4.69) is 16.3 Å². The van der Waals surface area contributed by atoms with Crippen LogP contribution >= 0.6 is 0 Å². The fourth-order valence-corrected chi connectivity index (χ4v) is 4.22. The van der Waals surface area contributed by atoms with E-state index >= 15 is 0 Å². The van der Waals surface area contributed by atoms with Crippen LogP contribution in [-0.4, -0.2) is 28.8 Å². The van der Waals surface area contributed by atoms with Crippen LogP contribution in [0, 0.1) is 11.8 Å². The average molecular weight is 370 g/mol. The topological polar surface area (TPSA) is 75.4 Å². The van der Waals surface area contributed by atoms with Crippen molar-refractivity contribution >= 4 is 17.5 Å². The highest BCUT2D eigenvalue weighted by atomic mass is 16.2. The van der Waals surface area contributed by atoms with Gasteiger partial charge in [0.25, 0.3) is 0 Å². The summed E-state index contributed by atoms with van der Waals surface area (Å²) >= 11 is 0. The number of amides is 2. The molecule has 0 saturated heterocycles. The van der Waals surface area contributed by atoms with Crippen molar-refractivity contribution in [1.82, 2.24) is 4.90 Å². The Kier molecular flexibility index (Phi) is 5.48. The normalized spacial score (nSPS) is 25.5. The molecular formula is C22H31N3O2. The summed E-state index contributed by atoms with van der Waals surface area (Å²) in [4.78, 5) is 27.2. The number of carbonyl (C=O) groups is 2. The molecule has 0 aliphatic heterocycles. The van der Waals surface area contributed by atoms with Crippen molar-refractivity contribution < 1.29 is 9.59 Å². The lowest BCUT2D eigenvalue weighted by Crippen LogP contribution is -2.44. The maximum absolute atomic E-state index is 12.9. The molecule has 3 aliphatic carbocycles. The molecule has 5 heteroatoms. The number of anilines is 1. The second-order valence-corrected chi connectivity index (χ2v) is 8.63. The molecule has 4 rings (SSSR count). The number of nitrogens with one attached hydrogen (secondary N) is 1. The van der Waals surface area contributed by atoms with E-state index in [0.717, 1.165) is 69.0 Å². The van der Waals surface area contributed by atoms with Gasteiger partial charge in [-0.05, 0) is 69.1 Å².